The van der Waals surface area contributed by atoms with Crippen molar-refractivity contribution in [3.8, 4) is 0 Å². The van der Waals surface area contributed by atoms with E-state index in [0.717, 1.165) is 64.2 Å². The molecule has 5 N–H and O–H groups in total. The van der Waals surface area contributed by atoms with E-state index in [1.54, 1.807) is 4.80 Å². The zero-order chi connectivity index (χ0) is 33.8. The van der Waals surface area contributed by atoms with Crippen LogP contribution in [0, 0.1) is 56.7 Å². The molecule has 0 amide bonds. The first-order chi connectivity index (χ1) is 22.0. The fraction of sp³-hybridized carbons (Fsp3) is 0.892. The second kappa shape index (κ2) is 11.0. The summed E-state index contributed by atoms with van der Waals surface area (Å²) in [5.74, 6) is 0.526. The maximum Gasteiger partial charge on any atom is 0.307 e. The average molecular weight is 653 g/mol. The number of fused-ring (bicyclic) bond motifs is 3. The first-order valence-corrected chi connectivity index (χ1v) is 18.5. The van der Waals surface area contributed by atoms with Gasteiger partial charge in [0.15, 0.2) is 0 Å². The van der Waals surface area contributed by atoms with Crippen molar-refractivity contribution in [2.45, 2.75) is 130 Å². The first kappa shape index (κ1) is 33.5. The molecular weight excluding hydrogens is 592 g/mol. The number of carbonyl (C=O) groups is 1. The van der Waals surface area contributed by atoms with Crippen LogP contribution in [-0.4, -0.2) is 62.7 Å². The molecule has 1 aromatic heterocycles. The number of tetrazole rings is 1. The van der Waals surface area contributed by atoms with Crippen molar-refractivity contribution in [1.29, 1.82) is 0 Å². The van der Waals surface area contributed by atoms with Gasteiger partial charge in [0.2, 0.25) is 0 Å². The number of carboxylic acids is 1. The number of rotatable bonds is 7. The van der Waals surface area contributed by atoms with Gasteiger partial charge in [-0.05, 0) is 96.5 Å². The van der Waals surface area contributed by atoms with E-state index in [2.05, 4.69) is 70.0 Å². The number of ether oxygens (including phenoxy) is 2. The predicted octanol–water partition coefficient (Wildman–Crippen LogP) is 6.04. The number of hydrogen-bond donors (Lipinski definition) is 3. The number of carboxylic acid groups (broad SMARTS) is 1. The molecule has 1 saturated heterocycles. The van der Waals surface area contributed by atoms with Crippen LogP contribution in [0.2, 0.25) is 0 Å². The molecule has 10 heteroatoms. The Kier molecular flexibility index (Phi) is 7.82. The number of aromatic nitrogens is 4. The van der Waals surface area contributed by atoms with Gasteiger partial charge in [0.1, 0.15) is 6.04 Å². The highest BCUT2D eigenvalue weighted by molar-refractivity contribution is 5.73. The van der Waals surface area contributed by atoms with Gasteiger partial charge in [0, 0.05) is 16.4 Å². The Morgan fingerprint density at radius 2 is 1.81 bits per heavy atom. The van der Waals surface area contributed by atoms with Crippen molar-refractivity contribution < 1.29 is 19.4 Å². The molecule has 0 spiro atoms. The van der Waals surface area contributed by atoms with Gasteiger partial charge in [0.25, 0.3) is 5.95 Å². The highest BCUT2D eigenvalue weighted by atomic mass is 16.5. The Hall–Kier alpha value is -2.04. The lowest BCUT2D eigenvalue weighted by atomic mass is 9.34. The van der Waals surface area contributed by atoms with Gasteiger partial charge in [0.05, 0.1) is 31.8 Å². The standard InChI is InChI=1S/C37H60N6O4/c1-22(2)23(3)32(4)16-17-34(6)24-10-11-27-33(5)19-46-21-37(27,25(24)12-15-35(34,7)28(32)30(44)45)18-26(43-41-31(38)40-42-43)29(33)47-20-36(39)13-8-9-14-36/h12,22-24,26-29H,8-11,13-21,39H2,1-7H3,(H2,38,41)(H,44,45)/t23-,24+,26-,27+,28-,29+,32-,33+,34-,35+,37+/m1/s1. The third-order valence-electron chi connectivity index (χ3n) is 16.0. The van der Waals surface area contributed by atoms with E-state index in [0.29, 0.717) is 43.5 Å². The van der Waals surface area contributed by atoms with Crippen LogP contribution in [-0.2, 0) is 14.3 Å². The van der Waals surface area contributed by atoms with Crippen LogP contribution in [0.4, 0.5) is 5.95 Å². The summed E-state index contributed by atoms with van der Waals surface area (Å²) in [6.07, 6.45) is 12.2. The fourth-order valence-corrected chi connectivity index (χ4v) is 13.0. The van der Waals surface area contributed by atoms with Crippen molar-refractivity contribution in [2.24, 2.45) is 62.4 Å². The Labute approximate surface area is 281 Å². The van der Waals surface area contributed by atoms with Gasteiger partial charge in [-0.2, -0.15) is 4.80 Å². The number of hydrogen-bond acceptors (Lipinski definition) is 8. The molecule has 10 nitrogen and oxygen atoms in total. The molecule has 5 aliphatic carbocycles. The monoisotopic (exact) mass is 652 g/mol. The third kappa shape index (κ3) is 4.58. The van der Waals surface area contributed by atoms with Crippen LogP contribution in [0.5, 0.6) is 0 Å². The minimum Gasteiger partial charge on any atom is -0.481 e. The molecule has 2 heterocycles. The molecule has 6 aliphatic rings. The van der Waals surface area contributed by atoms with Crippen LogP contribution in [0.1, 0.15) is 119 Å². The Morgan fingerprint density at radius 3 is 2.45 bits per heavy atom. The van der Waals surface area contributed by atoms with Crippen molar-refractivity contribution >= 4 is 11.9 Å². The molecule has 2 bridgehead atoms. The van der Waals surface area contributed by atoms with E-state index in [-0.39, 0.29) is 50.7 Å². The second-order valence-electron chi connectivity index (χ2n) is 18.4. The number of anilines is 1. The highest BCUT2D eigenvalue weighted by Crippen LogP contribution is 2.75. The van der Waals surface area contributed by atoms with E-state index in [4.69, 9.17) is 20.9 Å². The van der Waals surface area contributed by atoms with Crippen molar-refractivity contribution in [3.05, 3.63) is 11.6 Å². The largest absolute Gasteiger partial charge is 0.481 e. The predicted molar refractivity (Wildman–Crippen MR) is 180 cm³/mol. The zero-order valence-electron chi connectivity index (χ0n) is 29.9. The SMILES string of the molecule is CC(C)[C@@H](C)[C@@]1(C)CC[C@]2(C)[C@H]3CC[C@@H]4[C@@]5(COC[C@]4(C)[C@@H](OCC4(N)CCCC4)[C@H](n4nnc(N)n4)C5)C3=CC[C@@]2(C)[C@@H]1C(=O)O. The summed E-state index contributed by atoms with van der Waals surface area (Å²) in [4.78, 5) is 15.1. The Bertz CT molecular complexity index is 1420. The second-order valence-corrected chi connectivity index (χ2v) is 18.4. The lowest BCUT2D eigenvalue weighted by Gasteiger charge is -2.71. The van der Waals surface area contributed by atoms with Gasteiger partial charge < -0.3 is 26.0 Å². The summed E-state index contributed by atoms with van der Waals surface area (Å²) in [5, 5.41) is 24.2. The van der Waals surface area contributed by atoms with Gasteiger partial charge in [-0.1, -0.05) is 78.1 Å². The third-order valence-corrected chi connectivity index (χ3v) is 16.0. The van der Waals surface area contributed by atoms with Crippen molar-refractivity contribution in [2.75, 3.05) is 25.6 Å². The molecule has 0 radical (unpaired) electrons. The number of aliphatic carboxylic acids is 1. The van der Waals surface area contributed by atoms with Gasteiger partial charge in [-0.25, -0.2) is 0 Å². The number of nitrogens with two attached hydrogens (primary N) is 2. The molecule has 7 rings (SSSR count). The summed E-state index contributed by atoms with van der Waals surface area (Å²) in [6, 6.07) is -0.163. The van der Waals surface area contributed by atoms with Gasteiger partial charge in [-0.3, -0.25) is 4.79 Å². The summed E-state index contributed by atoms with van der Waals surface area (Å²) in [6.45, 7) is 17.9. The minimum atomic E-state index is -0.627. The molecule has 5 fully saturated rings. The maximum absolute atomic E-state index is 13.4. The fourth-order valence-electron chi connectivity index (χ4n) is 13.0. The van der Waals surface area contributed by atoms with Crippen LogP contribution < -0.4 is 11.5 Å². The zero-order valence-corrected chi connectivity index (χ0v) is 29.9. The topological polar surface area (TPSA) is 151 Å². The van der Waals surface area contributed by atoms with Crippen molar-refractivity contribution in [1.82, 2.24) is 20.2 Å². The summed E-state index contributed by atoms with van der Waals surface area (Å²) < 4.78 is 13.7. The molecule has 1 aromatic rings. The van der Waals surface area contributed by atoms with E-state index in [1.165, 1.54) is 5.57 Å². The Balaban J connectivity index is 1.30. The lowest BCUT2D eigenvalue weighted by molar-refractivity contribution is -0.253. The first-order valence-electron chi connectivity index (χ1n) is 18.5. The van der Waals surface area contributed by atoms with Gasteiger partial charge in [-0.15, -0.1) is 5.10 Å². The molecule has 262 valence electrons. The molecule has 47 heavy (non-hydrogen) atoms. The van der Waals surface area contributed by atoms with Crippen LogP contribution in [0.15, 0.2) is 11.6 Å². The smallest absolute Gasteiger partial charge is 0.307 e. The van der Waals surface area contributed by atoms with Crippen molar-refractivity contribution in [3.63, 3.8) is 0 Å². The normalized spacial score (nSPS) is 46.2. The number of allylic oxidation sites excluding steroid dienone is 1. The van der Waals surface area contributed by atoms with Crippen LogP contribution in [0.25, 0.3) is 0 Å². The Morgan fingerprint density at radius 1 is 1.09 bits per heavy atom. The number of nitrogens with zero attached hydrogens (tertiary/aromatic N) is 4. The molecule has 4 saturated carbocycles. The quantitative estimate of drug-likeness (QED) is 0.299. The molecule has 11 atom stereocenters. The minimum absolute atomic E-state index is 0.142. The van der Waals surface area contributed by atoms with E-state index in [9.17, 15) is 9.90 Å². The molecular formula is C37H60N6O4. The van der Waals surface area contributed by atoms with E-state index < -0.39 is 11.9 Å². The average Bonchev–Trinajstić information content (AvgIpc) is 3.64. The van der Waals surface area contributed by atoms with Gasteiger partial charge >= 0.3 is 5.97 Å². The summed E-state index contributed by atoms with van der Waals surface area (Å²) in [7, 11) is 0. The molecule has 0 aromatic carbocycles. The summed E-state index contributed by atoms with van der Waals surface area (Å²) >= 11 is 0. The number of nitrogen functional groups attached to an aromatic ring is 1. The molecule has 1 aliphatic heterocycles. The lowest BCUT2D eigenvalue weighted by Crippen LogP contribution is -2.69. The van der Waals surface area contributed by atoms with Crippen LogP contribution in [0.3, 0.4) is 0 Å². The highest BCUT2D eigenvalue weighted by Gasteiger charge is 2.72. The molecule has 0 unspecified atom stereocenters. The summed E-state index contributed by atoms with van der Waals surface area (Å²) in [5.41, 5.74) is 12.8. The van der Waals surface area contributed by atoms with E-state index in [1.807, 2.05) is 0 Å². The van der Waals surface area contributed by atoms with E-state index >= 15 is 0 Å². The van der Waals surface area contributed by atoms with Crippen LogP contribution >= 0.6 is 0 Å². The maximum atomic E-state index is 13.4.